The van der Waals surface area contributed by atoms with E-state index in [-0.39, 0.29) is 0 Å². The van der Waals surface area contributed by atoms with Gasteiger partial charge in [-0.25, -0.2) is 0 Å². The maximum atomic E-state index is 9.05. The fourth-order valence-corrected chi connectivity index (χ4v) is 1.41. The average Bonchev–Trinajstić information content (AvgIpc) is 2.34. The molecule has 0 aromatic heterocycles. The Kier molecular flexibility index (Phi) is 1.32. The van der Waals surface area contributed by atoms with Crippen molar-refractivity contribution in [2.24, 2.45) is 0 Å². The fraction of sp³-hybridized carbons (Fsp3) is 0. The molecule has 11 heavy (non-hydrogen) atoms. The Morgan fingerprint density at radius 3 is 3.09 bits per heavy atom. The summed E-state index contributed by atoms with van der Waals surface area (Å²) in [6.07, 6.45) is 4.66. The number of rotatable bonds is 0. The molecule has 0 aliphatic carbocycles. The molecule has 2 rings (SSSR count). The van der Waals surface area contributed by atoms with E-state index in [0.717, 1.165) is 14.8 Å². The van der Waals surface area contributed by atoms with Crippen LogP contribution < -0.4 is 0 Å². The van der Waals surface area contributed by atoms with Gasteiger partial charge in [-0.3, -0.25) is 0 Å². The first kappa shape index (κ1) is 6.60. The molecule has 0 aromatic carbocycles. The summed E-state index contributed by atoms with van der Waals surface area (Å²) in [5.74, 6) is 0. The molecule has 2 heterocycles. The monoisotopic (exact) mass is 213 g/mol. The highest BCUT2D eigenvalue weighted by atomic mass is 79.9. The van der Waals surface area contributed by atoms with Crippen LogP contribution in [0.1, 0.15) is 0 Å². The Morgan fingerprint density at radius 1 is 1.45 bits per heavy atom. The molecule has 0 saturated carbocycles. The SMILES string of the molecule is On1cc2nncc-2c(Br)c1. The van der Waals surface area contributed by atoms with E-state index in [2.05, 4.69) is 26.1 Å². The largest absolute Gasteiger partial charge is 0.429 e. The van der Waals surface area contributed by atoms with Gasteiger partial charge in [-0.15, -0.1) is 5.10 Å². The number of hydrogen-bond donors (Lipinski definition) is 1. The van der Waals surface area contributed by atoms with Crippen LogP contribution in [0.5, 0.6) is 0 Å². The number of aromatic nitrogens is 3. The number of hydrogen-bond acceptors (Lipinski definition) is 3. The summed E-state index contributed by atoms with van der Waals surface area (Å²) in [6, 6.07) is 0. The van der Waals surface area contributed by atoms with Crippen molar-refractivity contribution in [3.8, 4) is 11.3 Å². The van der Waals surface area contributed by atoms with Crippen LogP contribution in [0.2, 0.25) is 0 Å². The van der Waals surface area contributed by atoms with Gasteiger partial charge < -0.3 is 5.21 Å². The van der Waals surface area contributed by atoms with E-state index >= 15 is 0 Å². The minimum Gasteiger partial charge on any atom is -0.429 e. The number of fused-ring (bicyclic) bond motifs is 1. The predicted octanol–water partition coefficient (Wildman–Crippen LogP) is 1.38. The molecule has 0 saturated heterocycles. The first-order valence-corrected chi connectivity index (χ1v) is 3.75. The molecule has 4 nitrogen and oxygen atoms in total. The van der Waals surface area contributed by atoms with E-state index in [1.54, 1.807) is 6.20 Å². The van der Waals surface area contributed by atoms with E-state index < -0.39 is 0 Å². The zero-order valence-corrected chi connectivity index (χ0v) is 6.98. The van der Waals surface area contributed by atoms with Gasteiger partial charge in [0.1, 0.15) is 5.69 Å². The normalized spacial score (nSPS) is 10.6. The second kappa shape index (κ2) is 2.20. The van der Waals surface area contributed by atoms with Gasteiger partial charge in [0, 0.05) is 10.0 Å². The first-order chi connectivity index (χ1) is 5.27. The van der Waals surface area contributed by atoms with Gasteiger partial charge in [0.15, 0.2) is 0 Å². The summed E-state index contributed by atoms with van der Waals surface area (Å²) in [4.78, 5) is 0. The predicted molar refractivity (Wildman–Crippen MR) is 41.5 cm³/mol. The van der Waals surface area contributed by atoms with Gasteiger partial charge in [0.05, 0.1) is 18.6 Å². The highest BCUT2D eigenvalue weighted by Gasteiger charge is 2.09. The molecule has 1 N–H and O–H groups in total. The molecule has 0 radical (unpaired) electrons. The lowest BCUT2D eigenvalue weighted by Gasteiger charge is -2.01. The lowest BCUT2D eigenvalue weighted by molar-refractivity contribution is 0.184. The van der Waals surface area contributed by atoms with Crippen molar-refractivity contribution in [3.63, 3.8) is 0 Å². The average molecular weight is 214 g/mol. The molecule has 0 fully saturated rings. The molecule has 0 atom stereocenters. The number of pyridine rings is 1. The molecule has 56 valence electrons. The summed E-state index contributed by atoms with van der Waals surface area (Å²) >= 11 is 3.27. The van der Waals surface area contributed by atoms with Gasteiger partial charge in [-0.2, -0.15) is 9.83 Å². The van der Waals surface area contributed by atoms with Gasteiger partial charge in [0.2, 0.25) is 0 Å². The van der Waals surface area contributed by atoms with Crippen molar-refractivity contribution in [1.29, 1.82) is 0 Å². The Balaban J connectivity index is 2.79. The maximum absolute atomic E-state index is 9.05. The van der Waals surface area contributed by atoms with E-state index in [9.17, 15) is 0 Å². The van der Waals surface area contributed by atoms with E-state index in [0.29, 0.717) is 5.69 Å². The Morgan fingerprint density at radius 2 is 2.27 bits per heavy atom. The van der Waals surface area contributed by atoms with Gasteiger partial charge >= 0.3 is 0 Å². The highest BCUT2D eigenvalue weighted by molar-refractivity contribution is 9.10. The van der Waals surface area contributed by atoms with Crippen LogP contribution in [0.25, 0.3) is 11.3 Å². The summed E-state index contributed by atoms with van der Waals surface area (Å²) in [6.45, 7) is 0. The van der Waals surface area contributed by atoms with Crippen LogP contribution in [0.4, 0.5) is 0 Å². The topological polar surface area (TPSA) is 50.9 Å². The third-order valence-electron chi connectivity index (χ3n) is 1.39. The van der Waals surface area contributed by atoms with Gasteiger partial charge in [0.25, 0.3) is 0 Å². The quantitative estimate of drug-likeness (QED) is 0.674. The lowest BCUT2D eigenvalue weighted by atomic mass is 10.2. The second-order valence-electron chi connectivity index (χ2n) is 2.13. The number of halogens is 1. The van der Waals surface area contributed by atoms with E-state index in [4.69, 9.17) is 5.21 Å². The molecule has 0 bridgehead atoms. The summed E-state index contributed by atoms with van der Waals surface area (Å²) in [5.41, 5.74) is 1.57. The van der Waals surface area contributed by atoms with E-state index in [1.807, 2.05) is 0 Å². The minimum atomic E-state index is 0.668. The van der Waals surface area contributed by atoms with Crippen molar-refractivity contribution in [3.05, 3.63) is 23.1 Å². The van der Waals surface area contributed by atoms with Crippen molar-refractivity contribution < 1.29 is 5.21 Å². The zero-order chi connectivity index (χ0) is 7.84. The molecule has 0 aromatic rings. The van der Waals surface area contributed by atoms with Gasteiger partial charge in [-0.05, 0) is 15.9 Å². The lowest BCUT2D eigenvalue weighted by Crippen LogP contribution is -1.93. The Hall–Kier alpha value is -1.10. The highest BCUT2D eigenvalue weighted by Crippen LogP contribution is 2.26. The molecule has 0 unspecified atom stereocenters. The van der Waals surface area contributed by atoms with Crippen LogP contribution in [0, 0.1) is 0 Å². The van der Waals surface area contributed by atoms with Crippen molar-refractivity contribution in [2.45, 2.75) is 0 Å². The third-order valence-corrected chi connectivity index (χ3v) is 2.02. The van der Waals surface area contributed by atoms with Crippen LogP contribution in [0.15, 0.2) is 23.1 Å². The van der Waals surface area contributed by atoms with Crippen molar-refractivity contribution in [1.82, 2.24) is 14.9 Å². The van der Waals surface area contributed by atoms with Crippen LogP contribution in [-0.4, -0.2) is 20.1 Å². The van der Waals surface area contributed by atoms with Crippen LogP contribution in [-0.2, 0) is 0 Å². The fourth-order valence-electron chi connectivity index (χ4n) is 0.896. The second-order valence-corrected chi connectivity index (χ2v) is 2.98. The maximum Gasteiger partial charge on any atom is 0.115 e. The van der Waals surface area contributed by atoms with Crippen LogP contribution >= 0.6 is 15.9 Å². The van der Waals surface area contributed by atoms with E-state index in [1.165, 1.54) is 12.4 Å². The summed E-state index contributed by atoms with van der Waals surface area (Å²) in [5, 5.41) is 16.5. The molecule has 0 spiro atoms. The summed E-state index contributed by atoms with van der Waals surface area (Å²) < 4.78 is 1.73. The molecule has 2 aliphatic rings. The Labute approximate surface area is 70.9 Å². The molecule has 2 aliphatic heterocycles. The Bertz CT molecular complexity index is 359. The minimum absolute atomic E-state index is 0.668. The van der Waals surface area contributed by atoms with Crippen molar-refractivity contribution in [2.75, 3.05) is 0 Å². The smallest absolute Gasteiger partial charge is 0.115 e. The molecule has 0 amide bonds. The molecular formula is C6H4BrN3O. The van der Waals surface area contributed by atoms with Gasteiger partial charge in [-0.1, -0.05) is 0 Å². The van der Waals surface area contributed by atoms with Crippen LogP contribution in [0.3, 0.4) is 0 Å². The summed E-state index contributed by atoms with van der Waals surface area (Å²) in [7, 11) is 0. The van der Waals surface area contributed by atoms with Crippen molar-refractivity contribution >= 4 is 15.9 Å². The third kappa shape index (κ3) is 0.970. The zero-order valence-electron chi connectivity index (χ0n) is 5.40. The first-order valence-electron chi connectivity index (χ1n) is 2.95. The standard InChI is InChI=1S/C6H4BrN3O/c7-5-2-10(11)3-6-4(5)1-8-9-6/h1-3,11H. The molecule has 5 heteroatoms. The number of nitrogens with zero attached hydrogens (tertiary/aromatic N) is 3. The molecular weight excluding hydrogens is 210 g/mol.